The molecule has 0 aliphatic heterocycles. The maximum atomic E-state index is 14.1. The normalized spacial score (nSPS) is 15.1. The number of unbranched alkanes of at least 4 members (excludes halogenated alkanes) is 1. The predicted octanol–water partition coefficient (Wildman–Crippen LogP) is 6.91. The van der Waals surface area contributed by atoms with Crippen LogP contribution in [0, 0.1) is 5.92 Å². The number of allylic oxidation sites excluding steroid dienone is 6. The van der Waals surface area contributed by atoms with Gasteiger partial charge in [-0.2, -0.15) is 8.78 Å². The molecule has 0 aliphatic carbocycles. The largest absolute Gasteiger partial charge is 0.507 e. The number of rotatable bonds is 9. The maximum Gasteiger partial charge on any atom is 0.291 e. The molecular formula is C23H33F2NO. The number of phenolic OH excluding ortho intramolecular Hbond substituents is 1. The lowest BCUT2D eigenvalue weighted by molar-refractivity contribution is 0.0517. The predicted molar refractivity (Wildman–Crippen MR) is 111 cm³/mol. The average Bonchev–Trinajstić information content (AvgIpc) is 2.61. The average molecular weight is 378 g/mol. The molecule has 1 unspecified atom stereocenters. The van der Waals surface area contributed by atoms with Crippen LogP contribution in [0.1, 0.15) is 71.4 Å². The first-order valence-corrected chi connectivity index (χ1v) is 9.70. The quantitative estimate of drug-likeness (QED) is 0.363. The van der Waals surface area contributed by atoms with Crippen molar-refractivity contribution in [1.82, 2.24) is 0 Å². The van der Waals surface area contributed by atoms with Gasteiger partial charge in [0.2, 0.25) is 0 Å². The van der Waals surface area contributed by atoms with Crippen molar-refractivity contribution in [1.29, 1.82) is 0 Å². The van der Waals surface area contributed by atoms with Crippen molar-refractivity contribution in [3.63, 3.8) is 0 Å². The van der Waals surface area contributed by atoms with Crippen LogP contribution in [0.3, 0.4) is 0 Å². The number of alkyl halides is 2. The zero-order chi connectivity index (χ0) is 20.6. The van der Waals surface area contributed by atoms with Crippen LogP contribution < -0.4 is 5.73 Å². The van der Waals surface area contributed by atoms with Crippen molar-refractivity contribution in [2.45, 2.75) is 66.2 Å². The van der Waals surface area contributed by atoms with Crippen molar-refractivity contribution < 1.29 is 13.9 Å². The van der Waals surface area contributed by atoms with E-state index in [9.17, 15) is 13.9 Å². The first-order chi connectivity index (χ1) is 12.7. The molecule has 0 saturated carbocycles. The molecule has 0 spiro atoms. The molecule has 0 bridgehead atoms. The van der Waals surface area contributed by atoms with Gasteiger partial charge in [0.05, 0.1) is 0 Å². The number of halogens is 2. The lowest BCUT2D eigenvalue weighted by Gasteiger charge is -2.20. The van der Waals surface area contributed by atoms with E-state index in [1.54, 1.807) is 13.0 Å². The summed E-state index contributed by atoms with van der Waals surface area (Å²) in [4.78, 5) is 0. The van der Waals surface area contributed by atoms with E-state index in [0.29, 0.717) is 5.56 Å². The van der Waals surface area contributed by atoms with Crippen LogP contribution in [0.25, 0.3) is 5.57 Å². The molecule has 2 nitrogen and oxygen atoms in total. The Morgan fingerprint density at radius 3 is 2.48 bits per heavy atom. The third-order valence-electron chi connectivity index (χ3n) is 4.80. The third kappa shape index (κ3) is 6.23. The second-order valence-corrected chi connectivity index (χ2v) is 7.08. The van der Waals surface area contributed by atoms with Gasteiger partial charge in [-0.3, -0.25) is 0 Å². The molecule has 0 saturated heterocycles. The monoisotopic (exact) mass is 377 g/mol. The summed E-state index contributed by atoms with van der Waals surface area (Å²) < 4.78 is 28.2. The SMILES string of the molecule is C/C=C/C(F)(F)c1ccc(/C(=C(C)/C=C(/N)CCCC)C(C)CC)c(O)c1. The minimum atomic E-state index is -3.11. The highest BCUT2D eigenvalue weighted by atomic mass is 19.3. The van der Waals surface area contributed by atoms with Crippen LogP contribution in [0.4, 0.5) is 8.78 Å². The van der Waals surface area contributed by atoms with E-state index in [-0.39, 0.29) is 17.2 Å². The molecule has 1 rings (SSSR count). The molecule has 4 heteroatoms. The minimum Gasteiger partial charge on any atom is -0.507 e. The van der Waals surface area contributed by atoms with E-state index < -0.39 is 5.92 Å². The molecule has 0 radical (unpaired) electrons. The van der Waals surface area contributed by atoms with Crippen LogP contribution in [-0.2, 0) is 5.92 Å². The molecule has 0 aromatic heterocycles. The number of nitrogens with two attached hydrogens (primary N) is 1. The summed E-state index contributed by atoms with van der Waals surface area (Å²) in [6.07, 6.45) is 7.86. The third-order valence-corrected chi connectivity index (χ3v) is 4.80. The van der Waals surface area contributed by atoms with E-state index in [4.69, 9.17) is 5.73 Å². The molecule has 0 aliphatic rings. The first-order valence-electron chi connectivity index (χ1n) is 9.70. The van der Waals surface area contributed by atoms with Crippen LogP contribution in [-0.4, -0.2) is 5.11 Å². The number of hydrogen-bond donors (Lipinski definition) is 2. The molecule has 0 heterocycles. The highest BCUT2D eigenvalue weighted by molar-refractivity contribution is 5.76. The van der Waals surface area contributed by atoms with E-state index in [2.05, 4.69) is 20.8 Å². The Balaban J connectivity index is 3.43. The minimum absolute atomic E-state index is 0.133. The van der Waals surface area contributed by atoms with Crippen molar-refractivity contribution in [3.05, 3.63) is 58.8 Å². The van der Waals surface area contributed by atoms with Gasteiger partial charge in [-0.05, 0) is 68.4 Å². The van der Waals surface area contributed by atoms with Crippen LogP contribution >= 0.6 is 0 Å². The van der Waals surface area contributed by atoms with Gasteiger partial charge >= 0.3 is 0 Å². The summed E-state index contributed by atoms with van der Waals surface area (Å²) >= 11 is 0. The van der Waals surface area contributed by atoms with Crippen LogP contribution in [0.5, 0.6) is 5.75 Å². The van der Waals surface area contributed by atoms with Crippen molar-refractivity contribution in [2.75, 3.05) is 0 Å². The second kappa shape index (κ2) is 10.3. The van der Waals surface area contributed by atoms with E-state index >= 15 is 0 Å². The first kappa shape index (κ1) is 22.9. The van der Waals surface area contributed by atoms with Crippen molar-refractivity contribution in [3.8, 4) is 5.75 Å². The topological polar surface area (TPSA) is 46.2 Å². The standard InChI is InChI=1S/C23H33F2NO/c1-6-9-10-19(26)14-17(5)22(16(4)8-3)20-12-11-18(15-21(20)27)23(24,25)13-7-2/h7,11-16,27H,6,8-10,26H2,1-5H3/b13-7+,19-14+,22-17+. The van der Waals surface area contributed by atoms with Gasteiger partial charge in [0.1, 0.15) is 5.75 Å². The molecule has 1 aromatic rings. The van der Waals surface area contributed by atoms with Gasteiger partial charge in [0.15, 0.2) is 0 Å². The van der Waals surface area contributed by atoms with Gasteiger partial charge in [-0.25, -0.2) is 0 Å². The van der Waals surface area contributed by atoms with Crippen LogP contribution in [0.2, 0.25) is 0 Å². The lowest BCUT2D eigenvalue weighted by atomic mass is 9.86. The fourth-order valence-electron chi connectivity index (χ4n) is 3.15. The lowest BCUT2D eigenvalue weighted by Crippen LogP contribution is -2.10. The Morgan fingerprint density at radius 2 is 1.96 bits per heavy atom. The molecule has 0 amide bonds. The molecule has 150 valence electrons. The zero-order valence-electron chi connectivity index (χ0n) is 17.2. The number of benzene rings is 1. The molecular weight excluding hydrogens is 344 g/mol. The van der Waals surface area contributed by atoms with Gasteiger partial charge < -0.3 is 10.8 Å². The summed E-state index contributed by atoms with van der Waals surface area (Å²) in [5, 5.41) is 10.5. The zero-order valence-corrected chi connectivity index (χ0v) is 17.2. The highest BCUT2D eigenvalue weighted by Crippen LogP contribution is 2.39. The number of phenols is 1. The van der Waals surface area contributed by atoms with E-state index in [1.807, 2.05) is 13.0 Å². The number of hydrogen-bond acceptors (Lipinski definition) is 2. The van der Waals surface area contributed by atoms with Gasteiger partial charge in [-0.1, -0.05) is 45.4 Å². The number of aromatic hydroxyl groups is 1. The Bertz CT molecular complexity index is 717. The fourth-order valence-corrected chi connectivity index (χ4v) is 3.15. The second-order valence-electron chi connectivity index (χ2n) is 7.08. The summed E-state index contributed by atoms with van der Waals surface area (Å²) in [6.45, 7) is 9.75. The summed E-state index contributed by atoms with van der Waals surface area (Å²) in [5.41, 5.74) is 9.19. The fraction of sp³-hybridized carbons (Fsp3) is 0.478. The Morgan fingerprint density at radius 1 is 1.30 bits per heavy atom. The van der Waals surface area contributed by atoms with Crippen LogP contribution in [0.15, 0.2) is 47.7 Å². The highest BCUT2D eigenvalue weighted by Gasteiger charge is 2.29. The van der Waals surface area contributed by atoms with Gasteiger partial charge in [-0.15, -0.1) is 0 Å². The van der Waals surface area contributed by atoms with Gasteiger partial charge in [0.25, 0.3) is 5.92 Å². The van der Waals surface area contributed by atoms with Crippen molar-refractivity contribution in [2.24, 2.45) is 11.7 Å². The molecule has 0 fully saturated rings. The summed E-state index contributed by atoms with van der Waals surface area (Å²) in [6, 6.07) is 4.13. The summed E-state index contributed by atoms with van der Waals surface area (Å²) in [5.74, 6) is -3.08. The molecule has 27 heavy (non-hydrogen) atoms. The molecule has 1 atom stereocenters. The Labute approximate surface area is 162 Å². The van der Waals surface area contributed by atoms with E-state index in [1.165, 1.54) is 12.1 Å². The van der Waals surface area contributed by atoms with Crippen molar-refractivity contribution >= 4 is 5.57 Å². The summed E-state index contributed by atoms with van der Waals surface area (Å²) in [7, 11) is 0. The molecule has 3 N–H and O–H groups in total. The maximum absolute atomic E-state index is 14.1. The van der Waals surface area contributed by atoms with Gasteiger partial charge in [0, 0.05) is 16.8 Å². The molecule has 1 aromatic carbocycles. The Hall–Kier alpha value is -2.10. The van der Waals surface area contributed by atoms with E-state index in [0.717, 1.165) is 54.7 Å². The Kier molecular flexibility index (Phi) is 8.74. The smallest absolute Gasteiger partial charge is 0.291 e.